The second-order valence-corrected chi connectivity index (χ2v) is 5.80. The summed E-state index contributed by atoms with van der Waals surface area (Å²) in [5.41, 5.74) is 1.24. The summed E-state index contributed by atoms with van der Waals surface area (Å²) < 4.78 is 12.0. The van der Waals surface area contributed by atoms with E-state index in [2.05, 4.69) is 4.98 Å². The predicted octanol–water partition coefficient (Wildman–Crippen LogP) is 4.22. The van der Waals surface area contributed by atoms with E-state index < -0.39 is 5.56 Å². The van der Waals surface area contributed by atoms with Gasteiger partial charge in [0.25, 0.3) is 5.56 Å². The molecule has 0 aliphatic rings. The molecule has 0 amide bonds. The van der Waals surface area contributed by atoms with E-state index in [1.54, 1.807) is 37.4 Å². The van der Waals surface area contributed by atoms with E-state index in [4.69, 9.17) is 32.7 Å². The van der Waals surface area contributed by atoms with Crippen LogP contribution in [0.25, 0.3) is 16.9 Å². The van der Waals surface area contributed by atoms with Gasteiger partial charge in [0.2, 0.25) is 0 Å². The molecule has 3 aromatic rings. The number of nitrogens with zero attached hydrogens (tertiary/aromatic N) is 2. The number of ether oxygens (including phenoxy) is 2. The molecular weight excluding hydrogens is 363 g/mol. The Balaban J connectivity index is 2.34. The minimum Gasteiger partial charge on any atom is -0.493 e. The Morgan fingerprint density at radius 3 is 2.24 bits per heavy atom. The van der Waals surface area contributed by atoms with Gasteiger partial charge in [-0.05, 0) is 30.3 Å². The number of hydrogen-bond acceptors (Lipinski definition) is 4. The van der Waals surface area contributed by atoms with E-state index in [1.165, 1.54) is 11.7 Å². The van der Waals surface area contributed by atoms with Crippen molar-refractivity contribution in [1.82, 2.24) is 9.55 Å². The van der Waals surface area contributed by atoms with E-state index >= 15 is 0 Å². The van der Waals surface area contributed by atoms with Crippen LogP contribution in [-0.4, -0.2) is 23.8 Å². The first kappa shape index (κ1) is 17.3. The van der Waals surface area contributed by atoms with Gasteiger partial charge in [-0.25, -0.2) is 4.98 Å². The summed E-state index contributed by atoms with van der Waals surface area (Å²) in [6, 6.07) is 14.3. The summed E-state index contributed by atoms with van der Waals surface area (Å²) in [5, 5.41) is -0.0845. The van der Waals surface area contributed by atoms with Crippen LogP contribution in [0.15, 0.2) is 53.3 Å². The van der Waals surface area contributed by atoms with Crippen molar-refractivity contribution in [2.45, 2.75) is 0 Å². The molecular formula is C18H14Cl2N2O3. The van der Waals surface area contributed by atoms with Crippen LogP contribution in [0.1, 0.15) is 0 Å². The highest BCUT2D eigenvalue weighted by atomic mass is 35.5. The van der Waals surface area contributed by atoms with Crippen molar-refractivity contribution in [3.63, 3.8) is 0 Å². The first-order chi connectivity index (χ1) is 12.1. The van der Waals surface area contributed by atoms with E-state index in [1.807, 2.05) is 18.2 Å². The molecule has 0 aliphatic heterocycles. The zero-order valence-corrected chi connectivity index (χ0v) is 15.0. The lowest BCUT2D eigenvalue weighted by Gasteiger charge is -2.16. The van der Waals surface area contributed by atoms with E-state index in [0.29, 0.717) is 28.4 Å². The minimum absolute atomic E-state index is 0.112. The van der Waals surface area contributed by atoms with E-state index in [-0.39, 0.29) is 10.3 Å². The van der Waals surface area contributed by atoms with Crippen LogP contribution < -0.4 is 15.0 Å². The fraction of sp³-hybridized carbons (Fsp3) is 0.111. The molecule has 0 unspecified atom stereocenters. The second-order valence-electron chi connectivity index (χ2n) is 5.09. The molecule has 0 saturated heterocycles. The Morgan fingerprint density at radius 2 is 1.60 bits per heavy atom. The van der Waals surface area contributed by atoms with Gasteiger partial charge in [0.15, 0.2) is 21.8 Å². The SMILES string of the molecule is COc1ccc(-c2c(Cl)nc(Cl)c(=O)n2-c2ccccc2)cc1OC. The molecule has 0 fully saturated rings. The van der Waals surface area contributed by atoms with Crippen LogP contribution in [-0.2, 0) is 0 Å². The maximum atomic E-state index is 12.6. The Bertz CT molecular complexity index is 972. The van der Waals surface area contributed by atoms with Gasteiger partial charge < -0.3 is 9.47 Å². The lowest BCUT2D eigenvalue weighted by Crippen LogP contribution is -2.22. The van der Waals surface area contributed by atoms with Gasteiger partial charge in [0.05, 0.1) is 19.9 Å². The summed E-state index contributed by atoms with van der Waals surface area (Å²) in [6.07, 6.45) is 0. The normalized spacial score (nSPS) is 10.6. The average Bonchev–Trinajstić information content (AvgIpc) is 2.64. The Labute approximate surface area is 154 Å². The van der Waals surface area contributed by atoms with Gasteiger partial charge in [0.1, 0.15) is 0 Å². The van der Waals surface area contributed by atoms with Crippen molar-refractivity contribution >= 4 is 23.2 Å². The Hall–Kier alpha value is -2.50. The molecule has 3 rings (SSSR count). The molecule has 5 nitrogen and oxygen atoms in total. The highest BCUT2D eigenvalue weighted by Crippen LogP contribution is 2.35. The standard InChI is InChI=1S/C18H14Cl2N2O3/c1-24-13-9-8-11(10-14(13)25-2)15-16(19)21-17(20)18(23)22(15)12-6-4-3-5-7-12/h3-10H,1-2H3. The third-order valence-corrected chi connectivity index (χ3v) is 4.18. The van der Waals surface area contributed by atoms with Crippen molar-refractivity contribution in [1.29, 1.82) is 0 Å². The zero-order valence-electron chi connectivity index (χ0n) is 13.5. The lowest BCUT2D eigenvalue weighted by atomic mass is 10.1. The van der Waals surface area contributed by atoms with Gasteiger partial charge in [-0.15, -0.1) is 0 Å². The summed E-state index contributed by atoms with van der Waals surface area (Å²) in [5.74, 6) is 1.08. The molecule has 128 valence electrons. The molecule has 0 atom stereocenters. The molecule has 1 heterocycles. The molecule has 0 N–H and O–H groups in total. The van der Waals surface area contributed by atoms with Gasteiger partial charge >= 0.3 is 0 Å². The van der Waals surface area contributed by atoms with Gasteiger partial charge in [-0.2, -0.15) is 0 Å². The van der Waals surface area contributed by atoms with Crippen LogP contribution in [0.4, 0.5) is 0 Å². The molecule has 1 aromatic heterocycles. The quantitative estimate of drug-likeness (QED) is 0.683. The third-order valence-electron chi connectivity index (χ3n) is 3.67. The van der Waals surface area contributed by atoms with Crippen molar-refractivity contribution in [3.05, 3.63) is 69.2 Å². The van der Waals surface area contributed by atoms with Crippen LogP contribution in [0.5, 0.6) is 11.5 Å². The third kappa shape index (κ3) is 3.21. The molecule has 25 heavy (non-hydrogen) atoms. The number of aromatic nitrogens is 2. The summed E-state index contributed by atoms with van der Waals surface area (Å²) in [6.45, 7) is 0. The molecule has 0 saturated carbocycles. The number of halogens is 2. The number of para-hydroxylation sites is 1. The maximum absolute atomic E-state index is 12.6. The number of benzene rings is 2. The van der Waals surface area contributed by atoms with Crippen molar-refractivity contribution in [2.75, 3.05) is 14.2 Å². The summed E-state index contributed by atoms with van der Waals surface area (Å²) in [4.78, 5) is 16.6. The van der Waals surface area contributed by atoms with Crippen molar-refractivity contribution < 1.29 is 9.47 Å². The first-order valence-electron chi connectivity index (χ1n) is 7.32. The number of methoxy groups -OCH3 is 2. The maximum Gasteiger partial charge on any atom is 0.293 e. The Kier molecular flexibility index (Phi) is 4.97. The molecule has 2 aromatic carbocycles. The van der Waals surface area contributed by atoms with Crippen LogP contribution in [0.3, 0.4) is 0 Å². The van der Waals surface area contributed by atoms with Crippen LogP contribution >= 0.6 is 23.2 Å². The second kappa shape index (κ2) is 7.17. The topological polar surface area (TPSA) is 53.3 Å². The van der Waals surface area contributed by atoms with Crippen LogP contribution in [0.2, 0.25) is 10.3 Å². The van der Waals surface area contributed by atoms with Crippen LogP contribution in [0, 0.1) is 0 Å². The molecule has 0 bridgehead atoms. The first-order valence-corrected chi connectivity index (χ1v) is 8.08. The predicted molar refractivity (Wildman–Crippen MR) is 98.4 cm³/mol. The summed E-state index contributed by atoms with van der Waals surface area (Å²) >= 11 is 12.3. The largest absolute Gasteiger partial charge is 0.493 e. The zero-order chi connectivity index (χ0) is 18.0. The molecule has 0 aliphatic carbocycles. The highest BCUT2D eigenvalue weighted by Gasteiger charge is 2.19. The monoisotopic (exact) mass is 376 g/mol. The van der Waals surface area contributed by atoms with Crippen molar-refractivity contribution in [3.8, 4) is 28.4 Å². The number of hydrogen-bond donors (Lipinski definition) is 0. The van der Waals surface area contributed by atoms with E-state index in [9.17, 15) is 4.79 Å². The van der Waals surface area contributed by atoms with Gasteiger partial charge in [-0.3, -0.25) is 9.36 Å². The van der Waals surface area contributed by atoms with Gasteiger partial charge in [-0.1, -0.05) is 41.4 Å². The lowest BCUT2D eigenvalue weighted by molar-refractivity contribution is 0.355. The van der Waals surface area contributed by atoms with Gasteiger partial charge in [0, 0.05) is 11.3 Å². The highest BCUT2D eigenvalue weighted by molar-refractivity contribution is 6.34. The average molecular weight is 377 g/mol. The fourth-order valence-electron chi connectivity index (χ4n) is 2.53. The Morgan fingerprint density at radius 1 is 0.920 bits per heavy atom. The van der Waals surface area contributed by atoms with E-state index in [0.717, 1.165) is 0 Å². The number of rotatable bonds is 4. The molecule has 0 radical (unpaired) electrons. The molecule has 7 heteroatoms. The minimum atomic E-state index is -0.456. The summed E-state index contributed by atoms with van der Waals surface area (Å²) in [7, 11) is 3.09. The fourth-order valence-corrected chi connectivity index (χ4v) is 3.02. The molecule has 0 spiro atoms. The smallest absolute Gasteiger partial charge is 0.293 e. The van der Waals surface area contributed by atoms with Crippen molar-refractivity contribution in [2.24, 2.45) is 0 Å².